The molecule has 0 aliphatic heterocycles. The lowest BCUT2D eigenvalue weighted by molar-refractivity contribution is -0.123. The molecule has 3 N–H and O–H groups in total. The van der Waals surface area contributed by atoms with Crippen LogP contribution in [-0.2, 0) is 4.79 Å². The van der Waals surface area contributed by atoms with Crippen LogP contribution in [0.4, 0.5) is 0 Å². The maximum Gasteiger partial charge on any atom is 0.237 e. The Bertz CT molecular complexity index is 293. The molecule has 0 aliphatic carbocycles. The number of hydrogen-bond donors (Lipinski definition) is 2. The summed E-state index contributed by atoms with van der Waals surface area (Å²) in [7, 11) is 0. The van der Waals surface area contributed by atoms with Gasteiger partial charge in [-0.3, -0.25) is 10.2 Å². The number of hydrogen-bond acceptors (Lipinski definition) is 5. The summed E-state index contributed by atoms with van der Waals surface area (Å²) in [4.78, 5) is 19.1. The molecule has 1 amide bonds. The average molecular weight is 212 g/mol. The highest BCUT2D eigenvalue weighted by Crippen LogP contribution is 2.15. The van der Waals surface area contributed by atoms with E-state index in [0.717, 1.165) is 0 Å². The molecule has 1 atom stereocenters. The highest BCUT2D eigenvalue weighted by molar-refractivity contribution is 7.99. The van der Waals surface area contributed by atoms with Gasteiger partial charge in [0.15, 0.2) is 5.16 Å². The second kappa shape index (κ2) is 5.56. The topological polar surface area (TPSA) is 80.9 Å². The summed E-state index contributed by atoms with van der Waals surface area (Å²) < 4.78 is 0. The Morgan fingerprint density at radius 1 is 1.64 bits per heavy atom. The highest BCUT2D eigenvalue weighted by Gasteiger charge is 2.11. The van der Waals surface area contributed by atoms with E-state index < -0.39 is 0 Å². The Morgan fingerprint density at radius 3 is 2.86 bits per heavy atom. The van der Waals surface area contributed by atoms with Crippen LogP contribution in [0.25, 0.3) is 0 Å². The quantitative estimate of drug-likeness (QED) is 0.245. The fourth-order valence-corrected chi connectivity index (χ4v) is 1.60. The number of nitrogens with zero attached hydrogens (tertiary/aromatic N) is 2. The van der Waals surface area contributed by atoms with Crippen molar-refractivity contribution >= 4 is 17.7 Å². The van der Waals surface area contributed by atoms with E-state index in [2.05, 4.69) is 15.4 Å². The SMILES string of the molecule is CC(CSc1ncccn1)C(=O)NN. The Labute approximate surface area is 86.5 Å². The van der Waals surface area contributed by atoms with E-state index in [9.17, 15) is 4.79 Å². The lowest BCUT2D eigenvalue weighted by Crippen LogP contribution is -2.35. The summed E-state index contributed by atoms with van der Waals surface area (Å²) in [5, 5.41) is 0.671. The molecule has 0 fully saturated rings. The van der Waals surface area contributed by atoms with Gasteiger partial charge in [0.25, 0.3) is 0 Å². The monoisotopic (exact) mass is 212 g/mol. The van der Waals surface area contributed by atoms with Gasteiger partial charge in [-0.2, -0.15) is 0 Å². The molecule has 1 rings (SSSR count). The molecule has 1 aromatic rings. The first-order chi connectivity index (χ1) is 6.74. The molecule has 6 heteroatoms. The van der Waals surface area contributed by atoms with Crippen LogP contribution in [0.2, 0.25) is 0 Å². The number of aromatic nitrogens is 2. The predicted molar refractivity (Wildman–Crippen MR) is 54.3 cm³/mol. The van der Waals surface area contributed by atoms with Crippen LogP contribution in [0.5, 0.6) is 0 Å². The summed E-state index contributed by atoms with van der Waals surface area (Å²) in [6.07, 6.45) is 3.34. The smallest absolute Gasteiger partial charge is 0.237 e. The summed E-state index contributed by atoms with van der Waals surface area (Å²) >= 11 is 1.43. The normalized spacial score (nSPS) is 12.1. The van der Waals surface area contributed by atoms with E-state index in [4.69, 9.17) is 5.84 Å². The molecule has 1 aromatic heterocycles. The molecule has 0 saturated carbocycles. The van der Waals surface area contributed by atoms with Gasteiger partial charge < -0.3 is 0 Å². The first-order valence-electron chi connectivity index (χ1n) is 4.14. The van der Waals surface area contributed by atoms with E-state index in [1.807, 2.05) is 0 Å². The minimum Gasteiger partial charge on any atom is -0.294 e. The summed E-state index contributed by atoms with van der Waals surface area (Å²) in [6.45, 7) is 1.80. The molecule has 1 unspecified atom stereocenters. The Balaban J connectivity index is 2.38. The highest BCUT2D eigenvalue weighted by atomic mass is 32.2. The zero-order valence-electron chi connectivity index (χ0n) is 7.80. The fourth-order valence-electron chi connectivity index (χ4n) is 0.777. The molecule has 0 radical (unpaired) electrons. The maximum absolute atomic E-state index is 11.0. The number of carbonyl (C=O) groups excluding carboxylic acids is 1. The lowest BCUT2D eigenvalue weighted by Gasteiger charge is -2.07. The molecule has 1 heterocycles. The van der Waals surface area contributed by atoms with Gasteiger partial charge in [0.1, 0.15) is 0 Å². The Kier molecular flexibility index (Phi) is 4.34. The number of rotatable bonds is 4. The van der Waals surface area contributed by atoms with Crippen molar-refractivity contribution in [2.45, 2.75) is 12.1 Å². The first-order valence-corrected chi connectivity index (χ1v) is 5.13. The minimum absolute atomic E-state index is 0.145. The number of amides is 1. The number of nitrogens with two attached hydrogens (primary N) is 1. The van der Waals surface area contributed by atoms with Crippen molar-refractivity contribution < 1.29 is 4.79 Å². The molecule has 5 nitrogen and oxygen atoms in total. The van der Waals surface area contributed by atoms with Crippen LogP contribution < -0.4 is 11.3 Å². The Morgan fingerprint density at radius 2 is 2.29 bits per heavy atom. The number of hydrazine groups is 1. The van der Waals surface area contributed by atoms with Gasteiger partial charge in [-0.15, -0.1) is 0 Å². The molecular formula is C8H12N4OS. The van der Waals surface area contributed by atoms with Crippen LogP contribution in [0.15, 0.2) is 23.6 Å². The summed E-state index contributed by atoms with van der Waals surface area (Å²) in [6, 6.07) is 1.75. The molecular weight excluding hydrogens is 200 g/mol. The zero-order chi connectivity index (χ0) is 10.4. The third kappa shape index (κ3) is 3.31. The lowest BCUT2D eigenvalue weighted by atomic mass is 10.2. The molecule has 0 bridgehead atoms. The molecule has 14 heavy (non-hydrogen) atoms. The van der Waals surface area contributed by atoms with E-state index >= 15 is 0 Å². The van der Waals surface area contributed by atoms with Crippen LogP contribution >= 0.6 is 11.8 Å². The molecule has 0 spiro atoms. The minimum atomic E-state index is -0.173. The first kappa shape index (κ1) is 10.9. The maximum atomic E-state index is 11.0. The predicted octanol–water partition coefficient (Wildman–Crippen LogP) is 0.195. The van der Waals surface area contributed by atoms with Crippen molar-refractivity contribution in [2.24, 2.45) is 11.8 Å². The van der Waals surface area contributed by atoms with Crippen LogP contribution in [-0.4, -0.2) is 21.6 Å². The average Bonchev–Trinajstić information content (AvgIpc) is 2.26. The van der Waals surface area contributed by atoms with Crippen molar-refractivity contribution in [1.82, 2.24) is 15.4 Å². The van der Waals surface area contributed by atoms with E-state index in [1.165, 1.54) is 11.8 Å². The van der Waals surface area contributed by atoms with E-state index in [-0.39, 0.29) is 11.8 Å². The van der Waals surface area contributed by atoms with Gasteiger partial charge in [-0.05, 0) is 6.07 Å². The van der Waals surface area contributed by atoms with Crippen LogP contribution in [0, 0.1) is 5.92 Å². The molecule has 0 saturated heterocycles. The number of thioether (sulfide) groups is 1. The van der Waals surface area contributed by atoms with Crippen molar-refractivity contribution in [3.05, 3.63) is 18.5 Å². The zero-order valence-corrected chi connectivity index (χ0v) is 8.62. The molecule has 0 aliphatic rings. The van der Waals surface area contributed by atoms with Gasteiger partial charge >= 0.3 is 0 Å². The van der Waals surface area contributed by atoms with Gasteiger partial charge in [0, 0.05) is 24.1 Å². The Hall–Kier alpha value is -1.14. The van der Waals surface area contributed by atoms with E-state index in [0.29, 0.717) is 10.9 Å². The standard InChI is InChI=1S/C8H12N4OS/c1-6(7(13)12-9)5-14-8-10-3-2-4-11-8/h2-4,6H,5,9H2,1H3,(H,12,13). The second-order valence-electron chi connectivity index (χ2n) is 2.75. The second-order valence-corrected chi connectivity index (χ2v) is 3.74. The summed E-state index contributed by atoms with van der Waals surface area (Å²) in [5.74, 6) is 5.30. The van der Waals surface area contributed by atoms with Crippen molar-refractivity contribution in [2.75, 3.05) is 5.75 Å². The van der Waals surface area contributed by atoms with Crippen molar-refractivity contribution in [3.8, 4) is 0 Å². The van der Waals surface area contributed by atoms with Gasteiger partial charge in [-0.1, -0.05) is 18.7 Å². The van der Waals surface area contributed by atoms with Crippen molar-refractivity contribution in [3.63, 3.8) is 0 Å². The van der Waals surface area contributed by atoms with Crippen LogP contribution in [0.1, 0.15) is 6.92 Å². The molecule has 0 aromatic carbocycles. The fraction of sp³-hybridized carbons (Fsp3) is 0.375. The van der Waals surface area contributed by atoms with E-state index in [1.54, 1.807) is 25.4 Å². The third-order valence-electron chi connectivity index (χ3n) is 1.59. The number of nitrogens with one attached hydrogen (secondary N) is 1. The van der Waals surface area contributed by atoms with Gasteiger partial charge in [0.05, 0.1) is 0 Å². The number of carbonyl (C=O) groups is 1. The van der Waals surface area contributed by atoms with Gasteiger partial charge in [-0.25, -0.2) is 15.8 Å². The van der Waals surface area contributed by atoms with Gasteiger partial charge in [0.2, 0.25) is 5.91 Å². The summed E-state index contributed by atoms with van der Waals surface area (Å²) in [5.41, 5.74) is 2.11. The third-order valence-corrected chi connectivity index (χ3v) is 2.73. The van der Waals surface area contributed by atoms with Crippen molar-refractivity contribution in [1.29, 1.82) is 0 Å². The van der Waals surface area contributed by atoms with Crippen LogP contribution in [0.3, 0.4) is 0 Å². The largest absolute Gasteiger partial charge is 0.294 e. The molecule has 76 valence electrons.